The highest BCUT2D eigenvalue weighted by molar-refractivity contribution is 8.01. The molecule has 0 bridgehead atoms. The summed E-state index contributed by atoms with van der Waals surface area (Å²) in [4.78, 5) is 39.5. The van der Waals surface area contributed by atoms with E-state index >= 15 is 0 Å². The first-order valence-electron chi connectivity index (χ1n) is 13.5. The van der Waals surface area contributed by atoms with Crippen LogP contribution in [0.1, 0.15) is 38.1 Å². The molecule has 11 heteroatoms. The highest BCUT2D eigenvalue weighted by atomic mass is 32.2. The molecular weight excluding hydrogens is 589 g/mol. The number of benzene rings is 2. The fraction of sp³-hybridized carbons (Fsp3) is 0.226. The summed E-state index contributed by atoms with van der Waals surface area (Å²) < 4.78 is 15.8. The number of ether oxygens (including phenoxy) is 1. The average molecular weight is 617 g/mol. The van der Waals surface area contributed by atoms with Gasteiger partial charge in [-0.25, -0.2) is 9.98 Å². The second-order valence-electron chi connectivity index (χ2n) is 9.51. The third kappa shape index (κ3) is 5.12. The fourth-order valence-corrected chi connectivity index (χ4v) is 8.04. The molecule has 0 unspecified atom stereocenters. The van der Waals surface area contributed by atoms with Gasteiger partial charge in [-0.2, -0.15) is 0 Å². The topological polar surface area (TPSA) is 89.9 Å². The Hall–Kier alpha value is -3.93. The second-order valence-corrected chi connectivity index (χ2v) is 12.8. The molecule has 0 aliphatic carbocycles. The van der Waals surface area contributed by atoms with Crippen molar-refractivity contribution in [2.45, 2.75) is 36.2 Å². The van der Waals surface area contributed by atoms with E-state index in [1.165, 1.54) is 23.1 Å². The molecule has 1 aliphatic rings. The Bertz CT molecular complexity index is 1980. The number of hydrogen-bond donors (Lipinski definition) is 0. The summed E-state index contributed by atoms with van der Waals surface area (Å²) in [6.45, 7) is 6.80. The number of rotatable bonds is 8. The molecule has 3 aromatic heterocycles. The van der Waals surface area contributed by atoms with E-state index in [0.717, 1.165) is 20.1 Å². The first kappa shape index (κ1) is 28.2. The predicted molar refractivity (Wildman–Crippen MR) is 167 cm³/mol. The number of methoxy groups -OCH3 is 1. The molecule has 0 N–H and O–H groups in total. The Morgan fingerprint density at radius 1 is 1.10 bits per heavy atom. The lowest BCUT2D eigenvalue weighted by atomic mass is 9.94. The molecular formula is C31H28N4O4S3. The van der Waals surface area contributed by atoms with Gasteiger partial charge < -0.3 is 14.1 Å². The number of furan rings is 1. The van der Waals surface area contributed by atoms with Crippen molar-refractivity contribution in [3.05, 3.63) is 103 Å². The number of amides is 1. The normalized spacial score (nSPS) is 15.1. The maximum absolute atomic E-state index is 14.0. The van der Waals surface area contributed by atoms with Crippen molar-refractivity contribution < 1.29 is 13.9 Å². The number of para-hydroxylation sites is 2. The van der Waals surface area contributed by atoms with Crippen molar-refractivity contribution in [2.75, 3.05) is 20.2 Å². The van der Waals surface area contributed by atoms with Crippen LogP contribution in [0, 0.1) is 0 Å². The summed E-state index contributed by atoms with van der Waals surface area (Å²) in [6.07, 6.45) is 1.73. The number of carbonyl (C=O) groups excluding carboxylic acids is 1. The quantitative estimate of drug-likeness (QED) is 0.230. The average Bonchev–Trinajstić information content (AvgIpc) is 3.70. The largest absolute Gasteiger partial charge is 0.496 e. The third-order valence-electron chi connectivity index (χ3n) is 7.07. The predicted octanol–water partition coefficient (Wildman–Crippen LogP) is 5.47. The number of likely N-dealkylation sites (N-methyl/N-ethyl adjacent to an activating group) is 1. The number of nitrogens with zero attached hydrogens (tertiary/aromatic N) is 4. The van der Waals surface area contributed by atoms with Gasteiger partial charge in [0.1, 0.15) is 17.6 Å². The zero-order valence-corrected chi connectivity index (χ0v) is 25.9. The molecule has 0 radical (unpaired) electrons. The van der Waals surface area contributed by atoms with Crippen molar-refractivity contribution in [2.24, 2.45) is 4.99 Å². The Morgan fingerprint density at radius 2 is 1.86 bits per heavy atom. The molecule has 6 rings (SSSR count). The van der Waals surface area contributed by atoms with Crippen LogP contribution in [0.15, 0.2) is 95.6 Å². The number of thiazole rings is 2. The van der Waals surface area contributed by atoms with Gasteiger partial charge in [0.2, 0.25) is 0 Å². The van der Waals surface area contributed by atoms with Crippen molar-refractivity contribution in [1.82, 2.24) is 14.5 Å². The number of aromatic nitrogens is 2. The minimum absolute atomic E-state index is 0.144. The summed E-state index contributed by atoms with van der Waals surface area (Å²) in [5.74, 6) is 1.00. The van der Waals surface area contributed by atoms with Crippen LogP contribution < -0.4 is 19.6 Å². The minimum Gasteiger partial charge on any atom is -0.496 e. The molecule has 5 aromatic rings. The summed E-state index contributed by atoms with van der Waals surface area (Å²) in [5.41, 5.74) is 2.49. The molecule has 0 saturated heterocycles. The summed E-state index contributed by atoms with van der Waals surface area (Å²) in [7, 11) is 1.59. The van der Waals surface area contributed by atoms with E-state index in [2.05, 4.69) is 4.98 Å². The van der Waals surface area contributed by atoms with Crippen LogP contribution in [0.3, 0.4) is 0 Å². The number of allylic oxidation sites excluding steroid dienone is 1. The molecule has 8 nitrogen and oxygen atoms in total. The summed E-state index contributed by atoms with van der Waals surface area (Å²) >= 11 is 4.33. The van der Waals surface area contributed by atoms with E-state index in [1.807, 2.05) is 81.4 Å². The van der Waals surface area contributed by atoms with Crippen molar-refractivity contribution in [3.8, 4) is 5.75 Å². The van der Waals surface area contributed by atoms with Gasteiger partial charge in [-0.05, 0) is 62.9 Å². The molecule has 4 heterocycles. The molecule has 1 amide bonds. The maximum Gasteiger partial charge on any atom is 0.271 e. The van der Waals surface area contributed by atoms with Crippen LogP contribution in [0.4, 0.5) is 0 Å². The second kappa shape index (κ2) is 11.7. The van der Waals surface area contributed by atoms with Crippen molar-refractivity contribution >= 4 is 56.6 Å². The van der Waals surface area contributed by atoms with E-state index in [-0.39, 0.29) is 11.5 Å². The van der Waals surface area contributed by atoms with Crippen LogP contribution in [0.25, 0.3) is 16.3 Å². The number of fused-ring (bicyclic) bond motifs is 2. The zero-order valence-electron chi connectivity index (χ0n) is 23.5. The molecule has 2 aromatic carbocycles. The van der Waals surface area contributed by atoms with Crippen LogP contribution in [-0.2, 0) is 4.79 Å². The Balaban J connectivity index is 1.42. The van der Waals surface area contributed by atoms with E-state index in [9.17, 15) is 9.59 Å². The number of hydrogen-bond acceptors (Lipinski definition) is 9. The Kier molecular flexibility index (Phi) is 7.89. The lowest BCUT2D eigenvalue weighted by Gasteiger charge is -2.29. The maximum atomic E-state index is 14.0. The first-order valence-corrected chi connectivity index (χ1v) is 15.9. The van der Waals surface area contributed by atoms with Gasteiger partial charge in [0.05, 0.1) is 33.1 Å². The van der Waals surface area contributed by atoms with Gasteiger partial charge >= 0.3 is 0 Å². The third-order valence-corrected chi connectivity index (χ3v) is 10.1. The van der Waals surface area contributed by atoms with E-state index in [4.69, 9.17) is 14.1 Å². The minimum atomic E-state index is -0.686. The van der Waals surface area contributed by atoms with Gasteiger partial charge in [0, 0.05) is 24.7 Å². The smallest absolute Gasteiger partial charge is 0.271 e. The zero-order chi connectivity index (χ0) is 29.4. The van der Waals surface area contributed by atoms with Crippen molar-refractivity contribution in [3.63, 3.8) is 0 Å². The standard InChI is InChI=1S/C31H28N4O4S3/c1-5-34(6-2)29(37)26-18(3)32-30-35(27(26)20-11-7-9-13-22(20)38-4)28(36)24(40-30)17-19-15-16-25(39-19)42-31-33-21-12-8-10-14-23(21)41-31/h7-17,27H,5-6H2,1-4H3/b24-17+/t27-/m0/s1. The lowest BCUT2D eigenvalue weighted by molar-refractivity contribution is -0.127. The summed E-state index contributed by atoms with van der Waals surface area (Å²) in [6, 6.07) is 18.5. The van der Waals surface area contributed by atoms with Crippen LogP contribution in [0.2, 0.25) is 0 Å². The molecule has 0 fully saturated rings. The molecule has 1 aliphatic heterocycles. The van der Waals surface area contributed by atoms with Gasteiger partial charge in [0.25, 0.3) is 11.5 Å². The molecule has 42 heavy (non-hydrogen) atoms. The Labute approximate surface area is 254 Å². The molecule has 0 spiro atoms. The monoisotopic (exact) mass is 616 g/mol. The van der Waals surface area contributed by atoms with E-state index in [1.54, 1.807) is 34.0 Å². The molecule has 0 saturated carbocycles. The van der Waals surface area contributed by atoms with Gasteiger partial charge in [0.15, 0.2) is 14.2 Å². The molecule has 214 valence electrons. The number of carbonyl (C=O) groups is 1. The van der Waals surface area contributed by atoms with Crippen LogP contribution >= 0.6 is 34.4 Å². The highest BCUT2D eigenvalue weighted by Gasteiger charge is 2.35. The van der Waals surface area contributed by atoms with Crippen LogP contribution in [0.5, 0.6) is 5.75 Å². The fourth-order valence-electron chi connectivity index (χ4n) is 5.04. The van der Waals surface area contributed by atoms with Gasteiger partial charge in [-0.15, -0.1) is 11.3 Å². The van der Waals surface area contributed by atoms with Gasteiger partial charge in [-0.3, -0.25) is 14.2 Å². The first-order chi connectivity index (χ1) is 20.4. The van der Waals surface area contributed by atoms with E-state index < -0.39 is 6.04 Å². The van der Waals surface area contributed by atoms with E-state index in [0.29, 0.717) is 50.3 Å². The highest BCUT2D eigenvalue weighted by Crippen LogP contribution is 2.37. The van der Waals surface area contributed by atoms with Crippen LogP contribution in [-0.4, -0.2) is 40.6 Å². The van der Waals surface area contributed by atoms with Crippen molar-refractivity contribution in [1.29, 1.82) is 0 Å². The lowest BCUT2D eigenvalue weighted by Crippen LogP contribution is -2.43. The molecule has 1 atom stereocenters. The SMILES string of the molecule is CCN(CC)C(=O)C1=C(C)N=c2s/c(=C/c3ccc(Sc4nc5ccccc5s4)o3)c(=O)n2[C@H]1c1ccccc1OC. The van der Waals surface area contributed by atoms with Gasteiger partial charge in [-0.1, -0.05) is 41.7 Å². The summed E-state index contributed by atoms with van der Waals surface area (Å²) in [5, 5.41) is 0.683. The Morgan fingerprint density at radius 3 is 2.62 bits per heavy atom.